The predicted molar refractivity (Wildman–Crippen MR) is 89.8 cm³/mol. The van der Waals surface area contributed by atoms with Crippen molar-refractivity contribution in [1.29, 1.82) is 0 Å². The molecule has 5 nitrogen and oxygen atoms in total. The number of rotatable bonds is 3. The van der Waals surface area contributed by atoms with Crippen molar-refractivity contribution in [2.45, 2.75) is 33.2 Å². The first-order valence-electron chi connectivity index (χ1n) is 7.76. The summed E-state index contributed by atoms with van der Waals surface area (Å²) in [5.41, 5.74) is 3.11. The summed E-state index contributed by atoms with van der Waals surface area (Å²) in [7, 11) is 0. The minimum atomic E-state index is -0.0518. The lowest BCUT2D eigenvalue weighted by atomic mass is 10.1. The van der Waals surface area contributed by atoms with E-state index in [1.807, 2.05) is 39.0 Å². The summed E-state index contributed by atoms with van der Waals surface area (Å²) in [6.45, 7) is 6.06. The molecule has 2 heterocycles. The van der Waals surface area contributed by atoms with Crippen LogP contribution in [0.2, 0.25) is 0 Å². The Bertz CT molecular complexity index is 760. The van der Waals surface area contributed by atoms with Gasteiger partial charge in [-0.25, -0.2) is 19.3 Å². The quantitative estimate of drug-likeness (QED) is 0.813. The second kappa shape index (κ2) is 5.93. The first-order valence-corrected chi connectivity index (χ1v) is 7.76. The zero-order valence-electron chi connectivity index (χ0n) is 13.7. The fraction of sp³-hybridized carbons (Fsp3) is 0.278. The maximum absolute atomic E-state index is 13.2. The zero-order valence-corrected chi connectivity index (χ0v) is 13.7. The van der Waals surface area contributed by atoms with Crippen LogP contribution in [-0.2, 0) is 6.42 Å². The molecule has 0 radical (unpaired) electrons. The second-order valence-electron chi connectivity index (χ2n) is 6.06. The number of allylic oxidation sites excluding steroid dienone is 2. The van der Waals surface area contributed by atoms with Gasteiger partial charge in [-0.15, -0.1) is 0 Å². The van der Waals surface area contributed by atoms with Crippen LogP contribution in [0.25, 0.3) is 0 Å². The Hall–Kier alpha value is -2.53. The van der Waals surface area contributed by atoms with E-state index in [2.05, 4.69) is 22.1 Å². The first-order chi connectivity index (χ1) is 11.1. The summed E-state index contributed by atoms with van der Waals surface area (Å²) in [5, 5.41) is 0. The van der Waals surface area contributed by atoms with Gasteiger partial charge in [0, 0.05) is 12.4 Å². The summed E-state index contributed by atoms with van der Waals surface area (Å²) in [6.07, 6.45) is 7.32. The van der Waals surface area contributed by atoms with Gasteiger partial charge in [-0.3, -0.25) is 0 Å². The summed E-state index contributed by atoms with van der Waals surface area (Å²) in [5.74, 6) is 0. The summed E-state index contributed by atoms with van der Waals surface area (Å²) in [6, 6.07) is 10.2. The average molecular weight is 309 g/mol. The van der Waals surface area contributed by atoms with Crippen molar-refractivity contribution in [2.75, 3.05) is 0 Å². The molecule has 0 fully saturated rings. The summed E-state index contributed by atoms with van der Waals surface area (Å²) >= 11 is 0. The molecule has 0 saturated heterocycles. The van der Waals surface area contributed by atoms with Crippen molar-refractivity contribution in [2.24, 2.45) is 4.99 Å². The Kier molecular flexibility index (Phi) is 3.96. The third-order valence-electron chi connectivity index (χ3n) is 4.37. The Labute approximate surface area is 136 Å². The third-order valence-corrected chi connectivity index (χ3v) is 4.37. The lowest BCUT2D eigenvalue weighted by molar-refractivity contribution is -0.734. The fourth-order valence-electron chi connectivity index (χ4n) is 3.03. The summed E-state index contributed by atoms with van der Waals surface area (Å²) < 4.78 is 1.65. The average Bonchev–Trinajstić information content (AvgIpc) is 3.18. The SMILES string of the molecule is CC1=C(Cc2ccccc2)[N+](C(=O)n2ccnc2)(C(C)C)C=N1. The van der Waals surface area contributed by atoms with Gasteiger partial charge in [-0.1, -0.05) is 30.3 Å². The molecular weight excluding hydrogens is 288 g/mol. The molecule has 1 aromatic carbocycles. The monoisotopic (exact) mass is 309 g/mol. The van der Waals surface area contributed by atoms with Gasteiger partial charge in [0.2, 0.25) is 6.34 Å². The van der Waals surface area contributed by atoms with Crippen molar-refractivity contribution < 1.29 is 9.28 Å². The molecular formula is C18H21N4O+. The lowest BCUT2D eigenvalue weighted by Crippen LogP contribution is -2.56. The van der Waals surface area contributed by atoms with Crippen LogP contribution in [0.4, 0.5) is 4.79 Å². The minimum absolute atomic E-state index is 0.0461. The van der Waals surface area contributed by atoms with Gasteiger partial charge >= 0.3 is 6.03 Å². The predicted octanol–water partition coefficient (Wildman–Crippen LogP) is 3.59. The van der Waals surface area contributed by atoms with Crippen molar-refractivity contribution in [1.82, 2.24) is 9.55 Å². The van der Waals surface area contributed by atoms with Crippen molar-refractivity contribution in [3.8, 4) is 0 Å². The van der Waals surface area contributed by atoms with Gasteiger partial charge in [0.05, 0.1) is 6.42 Å². The van der Waals surface area contributed by atoms with E-state index in [-0.39, 0.29) is 16.6 Å². The largest absolute Gasteiger partial charge is 0.439 e. The Morgan fingerprint density at radius 1 is 1.26 bits per heavy atom. The first kappa shape index (κ1) is 15.4. The van der Waals surface area contributed by atoms with Crippen LogP contribution < -0.4 is 0 Å². The molecule has 1 aliphatic rings. The normalized spacial score (nSPS) is 20.5. The summed E-state index contributed by atoms with van der Waals surface area (Å²) in [4.78, 5) is 21.7. The second-order valence-corrected chi connectivity index (χ2v) is 6.06. The third kappa shape index (κ3) is 2.53. The number of hydrogen-bond acceptors (Lipinski definition) is 3. The lowest BCUT2D eigenvalue weighted by Gasteiger charge is -2.33. The molecule has 5 heteroatoms. The smallest absolute Gasteiger partial charge is 0.245 e. The van der Waals surface area contributed by atoms with E-state index in [0.717, 1.165) is 11.4 Å². The molecule has 0 spiro atoms. The molecule has 1 aliphatic heterocycles. The maximum atomic E-state index is 13.2. The van der Waals surface area contributed by atoms with E-state index in [1.54, 1.807) is 25.1 Å². The van der Waals surface area contributed by atoms with Gasteiger partial charge in [0.25, 0.3) is 0 Å². The van der Waals surface area contributed by atoms with Crippen LogP contribution in [0, 0.1) is 0 Å². The maximum Gasteiger partial charge on any atom is 0.439 e. The standard InChI is InChI=1S/C18H21N4O/c1-14(2)22(18(23)21-10-9-19-12-21)13-20-15(3)17(22)11-16-7-5-4-6-8-16/h4-10,12-14H,11H2,1-3H3/q+1. The molecule has 118 valence electrons. The number of nitrogens with zero attached hydrogens (tertiary/aromatic N) is 4. The Morgan fingerprint density at radius 2 is 2.00 bits per heavy atom. The number of benzene rings is 1. The number of aromatic nitrogens is 2. The van der Waals surface area contributed by atoms with E-state index in [0.29, 0.717) is 6.42 Å². The molecule has 1 aromatic heterocycles. The highest BCUT2D eigenvalue weighted by Crippen LogP contribution is 2.33. The fourth-order valence-corrected chi connectivity index (χ4v) is 3.03. The van der Waals surface area contributed by atoms with E-state index in [4.69, 9.17) is 0 Å². The van der Waals surface area contributed by atoms with E-state index < -0.39 is 0 Å². The molecule has 1 atom stereocenters. The van der Waals surface area contributed by atoms with E-state index in [9.17, 15) is 4.79 Å². The minimum Gasteiger partial charge on any atom is -0.245 e. The molecule has 0 N–H and O–H groups in total. The van der Waals surface area contributed by atoms with Crippen LogP contribution in [0.5, 0.6) is 0 Å². The van der Waals surface area contributed by atoms with Crippen molar-refractivity contribution in [3.05, 3.63) is 66.0 Å². The van der Waals surface area contributed by atoms with Crippen LogP contribution in [-0.4, -0.2) is 32.4 Å². The number of quaternary nitrogens is 1. The topological polar surface area (TPSA) is 47.2 Å². The van der Waals surface area contributed by atoms with Gasteiger partial charge in [0.1, 0.15) is 23.8 Å². The molecule has 23 heavy (non-hydrogen) atoms. The van der Waals surface area contributed by atoms with Gasteiger partial charge in [0.15, 0.2) is 0 Å². The van der Waals surface area contributed by atoms with Crippen LogP contribution in [0.3, 0.4) is 0 Å². The number of carbonyl (C=O) groups excluding carboxylic acids is 1. The molecule has 2 aromatic rings. The van der Waals surface area contributed by atoms with Crippen LogP contribution in [0.15, 0.2) is 65.4 Å². The van der Waals surface area contributed by atoms with Gasteiger partial charge < -0.3 is 0 Å². The Morgan fingerprint density at radius 3 is 2.61 bits per heavy atom. The molecule has 0 bridgehead atoms. The number of aliphatic imine (C=N–C) groups is 1. The van der Waals surface area contributed by atoms with E-state index in [1.165, 1.54) is 10.1 Å². The number of amides is 1. The van der Waals surface area contributed by atoms with E-state index >= 15 is 0 Å². The highest BCUT2D eigenvalue weighted by molar-refractivity contribution is 5.81. The highest BCUT2D eigenvalue weighted by atomic mass is 16.2. The number of imidazole rings is 1. The number of carbonyl (C=O) groups is 1. The molecule has 0 aliphatic carbocycles. The van der Waals surface area contributed by atoms with Crippen molar-refractivity contribution >= 4 is 12.4 Å². The number of hydrogen-bond donors (Lipinski definition) is 0. The zero-order chi connectivity index (χ0) is 16.4. The van der Waals surface area contributed by atoms with Gasteiger partial charge in [-0.05, 0) is 26.3 Å². The molecule has 3 rings (SSSR count). The highest BCUT2D eigenvalue weighted by Gasteiger charge is 2.48. The van der Waals surface area contributed by atoms with Crippen molar-refractivity contribution in [3.63, 3.8) is 0 Å². The van der Waals surface area contributed by atoms with Crippen LogP contribution in [0.1, 0.15) is 26.3 Å². The molecule has 1 unspecified atom stereocenters. The molecule has 0 saturated carbocycles. The van der Waals surface area contributed by atoms with Crippen LogP contribution >= 0.6 is 0 Å². The van der Waals surface area contributed by atoms with Gasteiger partial charge in [-0.2, -0.15) is 4.48 Å². The molecule has 1 amide bonds. The Balaban J connectivity index is 2.05.